The molecule has 0 aromatic heterocycles. The maximum absolute atomic E-state index is 13.0. The van der Waals surface area contributed by atoms with Crippen LogP contribution < -0.4 is 0 Å². The highest BCUT2D eigenvalue weighted by Gasteiger charge is 2.11. The van der Waals surface area contributed by atoms with E-state index >= 15 is 0 Å². The molecule has 0 aliphatic rings. The molecule has 0 amide bonds. The number of allylic oxidation sites excluding steroid dienone is 1. The smallest absolute Gasteiger partial charge is 0.365 e. The van der Waals surface area contributed by atoms with Gasteiger partial charge in [-0.1, -0.05) is 12.1 Å². The second-order valence-electron chi connectivity index (χ2n) is 2.93. The fourth-order valence-electron chi connectivity index (χ4n) is 1.08. The molecule has 0 heterocycles. The molecule has 4 heteroatoms. The molecule has 0 aliphatic heterocycles. The number of nitriles is 1. The molecule has 15 heavy (non-hydrogen) atoms. The monoisotopic (exact) mass is 205 g/mol. The van der Waals surface area contributed by atoms with Crippen LogP contribution in [0.15, 0.2) is 30.1 Å². The molecule has 0 unspecified atom stereocenters. The van der Waals surface area contributed by atoms with Crippen LogP contribution in [0.4, 0.5) is 4.39 Å². The highest BCUT2D eigenvalue weighted by atomic mass is 19.1. The van der Waals surface area contributed by atoms with Gasteiger partial charge in [0, 0.05) is 0 Å². The number of nitrogens with zero attached hydrogens (tertiary/aromatic N) is 1. The topological polar surface area (TPSA) is 61.1 Å². The van der Waals surface area contributed by atoms with E-state index in [1.54, 1.807) is 0 Å². The average Bonchev–Trinajstić information content (AvgIpc) is 2.27. The third kappa shape index (κ3) is 2.41. The number of halogens is 1. The van der Waals surface area contributed by atoms with E-state index in [4.69, 9.17) is 10.4 Å². The van der Waals surface area contributed by atoms with Gasteiger partial charge >= 0.3 is 5.97 Å². The van der Waals surface area contributed by atoms with Crippen molar-refractivity contribution in [2.45, 2.75) is 6.92 Å². The van der Waals surface area contributed by atoms with Crippen molar-refractivity contribution >= 4 is 11.5 Å². The van der Waals surface area contributed by atoms with Crippen molar-refractivity contribution in [2.75, 3.05) is 0 Å². The van der Waals surface area contributed by atoms with Crippen LogP contribution >= 0.6 is 0 Å². The largest absolute Gasteiger partial charge is 0.476 e. The lowest BCUT2D eigenvalue weighted by Gasteiger charge is -2.01. The Morgan fingerprint density at radius 1 is 1.40 bits per heavy atom. The molecule has 1 aromatic carbocycles. The van der Waals surface area contributed by atoms with Crippen molar-refractivity contribution < 1.29 is 14.3 Å². The second kappa shape index (κ2) is 4.38. The lowest BCUT2D eigenvalue weighted by molar-refractivity contribution is -0.134. The van der Waals surface area contributed by atoms with E-state index in [0.717, 1.165) is 0 Å². The van der Waals surface area contributed by atoms with Gasteiger partial charge in [0.15, 0.2) is 0 Å². The Balaban J connectivity index is 3.13. The minimum atomic E-state index is -1.59. The zero-order valence-electron chi connectivity index (χ0n) is 7.99. The molecule has 0 saturated heterocycles. The predicted molar refractivity (Wildman–Crippen MR) is 52.5 cm³/mol. The predicted octanol–water partition coefficient (Wildman–Crippen LogP) is 2.34. The zero-order valence-corrected chi connectivity index (χ0v) is 7.99. The molecule has 1 N–H and O–H groups in total. The molecule has 0 aliphatic carbocycles. The Morgan fingerprint density at radius 2 is 1.93 bits per heavy atom. The van der Waals surface area contributed by atoms with Gasteiger partial charge in [-0.15, -0.1) is 0 Å². The van der Waals surface area contributed by atoms with Crippen molar-refractivity contribution in [1.82, 2.24) is 0 Å². The minimum Gasteiger partial charge on any atom is -0.476 e. The van der Waals surface area contributed by atoms with Gasteiger partial charge in [0.05, 0.1) is 11.6 Å². The van der Waals surface area contributed by atoms with E-state index in [2.05, 4.69) is 0 Å². The Kier molecular flexibility index (Phi) is 3.19. The van der Waals surface area contributed by atoms with Crippen LogP contribution in [0.2, 0.25) is 0 Å². The van der Waals surface area contributed by atoms with E-state index in [1.165, 1.54) is 31.2 Å². The first-order valence-corrected chi connectivity index (χ1v) is 4.16. The summed E-state index contributed by atoms with van der Waals surface area (Å²) in [7, 11) is 0. The molecule has 3 nitrogen and oxygen atoms in total. The van der Waals surface area contributed by atoms with Gasteiger partial charge in [-0.3, -0.25) is 0 Å². The lowest BCUT2D eigenvalue weighted by Crippen LogP contribution is -1.97. The summed E-state index contributed by atoms with van der Waals surface area (Å²) in [5.41, 5.74) is 0.947. The van der Waals surface area contributed by atoms with Crippen LogP contribution in [0.25, 0.3) is 5.57 Å². The molecule has 0 spiro atoms. The molecule has 76 valence electrons. The second-order valence-corrected chi connectivity index (χ2v) is 2.93. The summed E-state index contributed by atoms with van der Waals surface area (Å²) in [5.74, 6) is -2.77. The van der Waals surface area contributed by atoms with E-state index in [1.807, 2.05) is 6.07 Å². The van der Waals surface area contributed by atoms with Crippen molar-refractivity contribution in [3.05, 3.63) is 41.2 Å². The Labute approximate surface area is 86.1 Å². The average molecular weight is 205 g/mol. The van der Waals surface area contributed by atoms with Gasteiger partial charge < -0.3 is 5.11 Å². The standard InChI is InChI=1S/C11H8FNO2/c1-7(10(12)11(14)15)9-4-2-8(6-13)3-5-9/h2-5H,1H3,(H,14,15)/b10-7-. The summed E-state index contributed by atoms with van der Waals surface area (Å²) in [4.78, 5) is 10.4. The Bertz CT molecular complexity index is 454. The number of carbonyl (C=O) groups is 1. The summed E-state index contributed by atoms with van der Waals surface area (Å²) in [6.45, 7) is 1.38. The SMILES string of the molecule is C/C(=C(/F)C(=O)O)c1ccc(C#N)cc1. The normalized spacial score (nSPS) is 11.5. The van der Waals surface area contributed by atoms with Crippen LogP contribution in [0.1, 0.15) is 18.1 Å². The van der Waals surface area contributed by atoms with Crippen molar-refractivity contribution in [3.63, 3.8) is 0 Å². The molecule has 0 atom stereocenters. The summed E-state index contributed by atoms with van der Waals surface area (Å²) < 4.78 is 13.0. The van der Waals surface area contributed by atoms with Crippen molar-refractivity contribution in [1.29, 1.82) is 5.26 Å². The van der Waals surface area contributed by atoms with Gasteiger partial charge in [-0.05, 0) is 30.2 Å². The van der Waals surface area contributed by atoms with Crippen molar-refractivity contribution in [2.24, 2.45) is 0 Å². The van der Waals surface area contributed by atoms with Crippen LogP contribution in [-0.4, -0.2) is 11.1 Å². The summed E-state index contributed by atoms with van der Waals surface area (Å²) in [6, 6.07) is 7.96. The first-order chi connectivity index (χ1) is 7.06. The van der Waals surface area contributed by atoms with E-state index < -0.39 is 11.8 Å². The zero-order chi connectivity index (χ0) is 11.4. The van der Waals surface area contributed by atoms with Crippen LogP contribution in [0.3, 0.4) is 0 Å². The van der Waals surface area contributed by atoms with Gasteiger partial charge in [0.2, 0.25) is 5.83 Å². The fraction of sp³-hybridized carbons (Fsp3) is 0.0909. The van der Waals surface area contributed by atoms with Gasteiger partial charge in [0.1, 0.15) is 0 Å². The highest BCUT2D eigenvalue weighted by Crippen LogP contribution is 2.19. The third-order valence-electron chi connectivity index (χ3n) is 1.96. The van der Waals surface area contributed by atoms with E-state index in [9.17, 15) is 9.18 Å². The molecular formula is C11H8FNO2. The quantitative estimate of drug-likeness (QED) is 0.754. The first kappa shape index (κ1) is 10.9. The number of carboxylic acid groups (broad SMARTS) is 1. The number of rotatable bonds is 2. The summed E-state index contributed by atoms with van der Waals surface area (Å²) >= 11 is 0. The molecule has 0 radical (unpaired) electrons. The summed E-state index contributed by atoms with van der Waals surface area (Å²) in [5, 5.41) is 17.0. The number of benzene rings is 1. The van der Waals surface area contributed by atoms with Crippen LogP contribution in [0.5, 0.6) is 0 Å². The fourth-order valence-corrected chi connectivity index (χ4v) is 1.08. The number of hydrogen-bond acceptors (Lipinski definition) is 2. The lowest BCUT2D eigenvalue weighted by atomic mass is 10.1. The van der Waals surface area contributed by atoms with E-state index in [0.29, 0.717) is 11.1 Å². The molecule has 0 fully saturated rings. The minimum absolute atomic E-state index is 0.0481. The maximum atomic E-state index is 13.0. The highest BCUT2D eigenvalue weighted by molar-refractivity contribution is 5.93. The third-order valence-corrected chi connectivity index (χ3v) is 1.96. The van der Waals surface area contributed by atoms with Gasteiger partial charge in [-0.25, -0.2) is 4.79 Å². The number of carboxylic acids is 1. The summed E-state index contributed by atoms with van der Waals surface area (Å²) in [6.07, 6.45) is 0. The first-order valence-electron chi connectivity index (χ1n) is 4.16. The molecular weight excluding hydrogens is 197 g/mol. The Hall–Kier alpha value is -2.15. The molecule has 1 rings (SSSR count). The van der Waals surface area contributed by atoms with Gasteiger partial charge in [-0.2, -0.15) is 9.65 Å². The van der Waals surface area contributed by atoms with E-state index in [-0.39, 0.29) is 5.57 Å². The van der Waals surface area contributed by atoms with Crippen LogP contribution in [-0.2, 0) is 4.79 Å². The number of aliphatic carboxylic acids is 1. The Morgan fingerprint density at radius 3 is 2.33 bits per heavy atom. The van der Waals surface area contributed by atoms with Crippen LogP contribution in [0, 0.1) is 11.3 Å². The van der Waals surface area contributed by atoms with Crippen molar-refractivity contribution in [3.8, 4) is 6.07 Å². The maximum Gasteiger partial charge on any atom is 0.365 e. The number of hydrogen-bond donors (Lipinski definition) is 1. The molecule has 0 bridgehead atoms. The van der Waals surface area contributed by atoms with Gasteiger partial charge in [0.25, 0.3) is 0 Å². The molecule has 1 aromatic rings. The molecule has 0 saturated carbocycles.